The van der Waals surface area contributed by atoms with Gasteiger partial charge in [0.25, 0.3) is 0 Å². The van der Waals surface area contributed by atoms with Gasteiger partial charge in [-0.3, -0.25) is 14.1 Å². The fraction of sp³-hybridized carbons (Fsp3) is 0.462. The lowest BCUT2D eigenvalue weighted by molar-refractivity contribution is -0.144. The lowest BCUT2D eigenvalue weighted by Gasteiger charge is -2.34. The lowest BCUT2D eigenvalue weighted by Crippen LogP contribution is -2.45. The molecular formula is C13H16FNO2. The molecule has 1 aromatic carbocycles. The van der Waals surface area contributed by atoms with Crippen LogP contribution in [0.2, 0.25) is 0 Å². The largest absolute Gasteiger partial charge is 0.480 e. The molecule has 0 amide bonds. The molecule has 3 nitrogen and oxygen atoms in total. The molecule has 0 aliphatic carbocycles. The average Bonchev–Trinajstić information content (AvgIpc) is 2.35. The van der Waals surface area contributed by atoms with Crippen molar-refractivity contribution in [3.63, 3.8) is 0 Å². The minimum Gasteiger partial charge on any atom is -0.480 e. The number of benzene rings is 1. The van der Waals surface area contributed by atoms with Crippen LogP contribution in [-0.2, 0) is 17.8 Å². The fourth-order valence-corrected chi connectivity index (χ4v) is 2.32. The Balaban J connectivity index is 2.18. The van der Waals surface area contributed by atoms with Crippen LogP contribution in [0.4, 0.5) is 4.39 Å². The number of hydrogen-bond donors (Lipinski definition) is 1. The Morgan fingerprint density at radius 1 is 1.41 bits per heavy atom. The minimum absolute atomic E-state index is 0.395. The fourth-order valence-electron chi connectivity index (χ4n) is 2.32. The summed E-state index contributed by atoms with van der Waals surface area (Å²) in [5, 5.41) is 9.20. The summed E-state index contributed by atoms with van der Waals surface area (Å²) >= 11 is 0. The molecule has 1 aromatic rings. The van der Waals surface area contributed by atoms with E-state index in [-0.39, 0.29) is 0 Å². The van der Waals surface area contributed by atoms with Gasteiger partial charge in [-0.15, -0.1) is 0 Å². The van der Waals surface area contributed by atoms with E-state index in [2.05, 4.69) is 0 Å². The van der Waals surface area contributed by atoms with Crippen molar-refractivity contribution in [2.45, 2.75) is 25.4 Å². The number of aliphatic carboxylic acids is 1. The summed E-state index contributed by atoms with van der Waals surface area (Å²) in [6.07, 6.45) is 0.906. The highest BCUT2D eigenvalue weighted by Crippen LogP contribution is 2.23. The van der Waals surface area contributed by atoms with Crippen molar-refractivity contribution in [3.05, 3.63) is 35.4 Å². The van der Waals surface area contributed by atoms with E-state index in [9.17, 15) is 14.3 Å². The van der Waals surface area contributed by atoms with E-state index in [1.165, 1.54) is 0 Å². The SMILES string of the molecule is O=C(O)C1Cc2ccccc2CN1CCCF. The number of nitrogens with zero attached hydrogens (tertiary/aromatic N) is 1. The average molecular weight is 237 g/mol. The van der Waals surface area contributed by atoms with Gasteiger partial charge in [-0.1, -0.05) is 24.3 Å². The van der Waals surface area contributed by atoms with Crippen LogP contribution in [0, 0.1) is 0 Å². The molecule has 2 rings (SSSR count). The lowest BCUT2D eigenvalue weighted by atomic mass is 9.94. The van der Waals surface area contributed by atoms with Crippen LogP contribution in [0.5, 0.6) is 0 Å². The van der Waals surface area contributed by atoms with Crippen molar-refractivity contribution in [1.29, 1.82) is 0 Å². The first kappa shape index (κ1) is 12.0. The minimum atomic E-state index is -0.821. The Morgan fingerprint density at radius 2 is 2.12 bits per heavy atom. The first-order valence-electron chi connectivity index (χ1n) is 5.82. The van der Waals surface area contributed by atoms with Crippen LogP contribution in [-0.4, -0.2) is 35.2 Å². The summed E-state index contributed by atoms with van der Waals surface area (Å²) < 4.78 is 12.2. The molecule has 1 heterocycles. The monoisotopic (exact) mass is 237 g/mol. The quantitative estimate of drug-likeness (QED) is 0.869. The van der Waals surface area contributed by atoms with Gasteiger partial charge < -0.3 is 5.11 Å². The van der Waals surface area contributed by atoms with Gasteiger partial charge in [0, 0.05) is 13.1 Å². The van der Waals surface area contributed by atoms with E-state index in [0.29, 0.717) is 25.9 Å². The highest BCUT2D eigenvalue weighted by molar-refractivity contribution is 5.74. The third kappa shape index (κ3) is 2.64. The van der Waals surface area contributed by atoms with Gasteiger partial charge in [-0.05, 0) is 24.0 Å². The predicted molar refractivity (Wildman–Crippen MR) is 62.6 cm³/mol. The molecule has 1 unspecified atom stereocenters. The second-order valence-electron chi connectivity index (χ2n) is 4.34. The molecule has 17 heavy (non-hydrogen) atoms. The Morgan fingerprint density at radius 3 is 2.76 bits per heavy atom. The molecule has 0 fully saturated rings. The van der Waals surface area contributed by atoms with Crippen molar-refractivity contribution >= 4 is 5.97 Å². The van der Waals surface area contributed by atoms with Gasteiger partial charge in [0.2, 0.25) is 0 Å². The number of carbonyl (C=O) groups is 1. The summed E-state index contributed by atoms with van der Waals surface area (Å²) in [5.41, 5.74) is 2.25. The van der Waals surface area contributed by atoms with Crippen LogP contribution in [0.3, 0.4) is 0 Å². The van der Waals surface area contributed by atoms with Gasteiger partial charge in [0.05, 0.1) is 6.67 Å². The summed E-state index contributed by atoms with van der Waals surface area (Å²) in [5.74, 6) is -0.821. The third-order valence-electron chi connectivity index (χ3n) is 3.21. The first-order chi connectivity index (χ1) is 8.22. The molecule has 1 aliphatic rings. The van der Waals surface area contributed by atoms with Crippen LogP contribution < -0.4 is 0 Å². The molecule has 4 heteroatoms. The first-order valence-corrected chi connectivity index (χ1v) is 5.82. The van der Waals surface area contributed by atoms with E-state index >= 15 is 0 Å². The second kappa shape index (κ2) is 5.27. The maximum atomic E-state index is 12.2. The standard InChI is InChI=1S/C13H16FNO2/c14-6-3-7-15-9-11-5-2-1-4-10(11)8-12(15)13(16)17/h1-2,4-5,12H,3,6-9H2,(H,16,17). The van der Waals surface area contributed by atoms with E-state index in [1.807, 2.05) is 29.2 Å². The normalized spacial score (nSPS) is 19.9. The molecule has 1 N–H and O–H groups in total. The van der Waals surface area contributed by atoms with E-state index in [0.717, 1.165) is 11.1 Å². The van der Waals surface area contributed by atoms with E-state index in [1.54, 1.807) is 0 Å². The van der Waals surface area contributed by atoms with Crippen LogP contribution >= 0.6 is 0 Å². The number of halogens is 1. The molecule has 0 aromatic heterocycles. The van der Waals surface area contributed by atoms with Gasteiger partial charge in [0.15, 0.2) is 0 Å². The van der Waals surface area contributed by atoms with Gasteiger partial charge in [0.1, 0.15) is 6.04 Å². The number of carboxylic acid groups (broad SMARTS) is 1. The molecule has 0 radical (unpaired) electrons. The Bertz CT molecular complexity index is 408. The van der Waals surface area contributed by atoms with E-state index < -0.39 is 18.7 Å². The maximum Gasteiger partial charge on any atom is 0.321 e. The predicted octanol–water partition coefficient (Wildman–Crippen LogP) is 1.86. The highest BCUT2D eigenvalue weighted by atomic mass is 19.1. The summed E-state index contributed by atoms with van der Waals surface area (Å²) in [6, 6.07) is 7.34. The molecule has 0 saturated heterocycles. The molecule has 1 aliphatic heterocycles. The molecule has 0 saturated carbocycles. The van der Waals surface area contributed by atoms with Crippen LogP contribution in [0.25, 0.3) is 0 Å². The zero-order chi connectivity index (χ0) is 12.3. The third-order valence-corrected chi connectivity index (χ3v) is 3.21. The zero-order valence-corrected chi connectivity index (χ0v) is 9.60. The topological polar surface area (TPSA) is 40.5 Å². The van der Waals surface area contributed by atoms with Crippen LogP contribution in [0.15, 0.2) is 24.3 Å². The second-order valence-corrected chi connectivity index (χ2v) is 4.34. The Labute approximate surface area is 99.9 Å². The van der Waals surface area contributed by atoms with Crippen molar-refractivity contribution in [3.8, 4) is 0 Å². The number of rotatable bonds is 4. The van der Waals surface area contributed by atoms with E-state index in [4.69, 9.17) is 0 Å². The number of carboxylic acids is 1. The van der Waals surface area contributed by atoms with Crippen molar-refractivity contribution in [1.82, 2.24) is 4.90 Å². The maximum absolute atomic E-state index is 12.2. The molecular weight excluding hydrogens is 221 g/mol. The Kier molecular flexibility index (Phi) is 3.74. The van der Waals surface area contributed by atoms with Crippen molar-refractivity contribution < 1.29 is 14.3 Å². The van der Waals surface area contributed by atoms with Crippen LogP contribution in [0.1, 0.15) is 17.5 Å². The zero-order valence-electron chi connectivity index (χ0n) is 9.60. The smallest absolute Gasteiger partial charge is 0.321 e. The highest BCUT2D eigenvalue weighted by Gasteiger charge is 2.30. The van der Waals surface area contributed by atoms with Crippen molar-refractivity contribution in [2.75, 3.05) is 13.2 Å². The number of hydrogen-bond acceptors (Lipinski definition) is 2. The molecule has 0 bridgehead atoms. The van der Waals surface area contributed by atoms with Gasteiger partial charge in [-0.25, -0.2) is 0 Å². The molecule has 1 atom stereocenters. The summed E-state index contributed by atoms with van der Waals surface area (Å²) in [7, 11) is 0. The number of fused-ring (bicyclic) bond motifs is 1. The van der Waals surface area contributed by atoms with Gasteiger partial charge in [-0.2, -0.15) is 0 Å². The molecule has 0 spiro atoms. The Hall–Kier alpha value is -1.42. The summed E-state index contributed by atoms with van der Waals surface area (Å²) in [4.78, 5) is 13.1. The van der Waals surface area contributed by atoms with Crippen molar-refractivity contribution in [2.24, 2.45) is 0 Å². The molecule has 92 valence electrons. The summed E-state index contributed by atoms with van der Waals surface area (Å²) in [6.45, 7) is 0.708. The van der Waals surface area contributed by atoms with Gasteiger partial charge >= 0.3 is 5.97 Å². The number of alkyl halides is 1.